The second kappa shape index (κ2) is 55.4. The molecule has 0 amide bonds. The fourth-order valence-electron chi connectivity index (χ4n) is 7.92. The van der Waals surface area contributed by atoms with E-state index in [9.17, 15) is 14.4 Å². The summed E-state index contributed by atoms with van der Waals surface area (Å²) in [5, 5.41) is 0. The molecule has 0 radical (unpaired) electrons. The molecule has 0 aliphatic rings. The molecule has 0 aromatic rings. The summed E-state index contributed by atoms with van der Waals surface area (Å²) >= 11 is 0. The molecule has 0 fully saturated rings. The number of esters is 3. The van der Waals surface area contributed by atoms with Crippen LogP contribution in [0.1, 0.15) is 278 Å². The highest BCUT2D eigenvalue weighted by atomic mass is 16.6. The monoisotopic (exact) mass is 935 g/mol. The van der Waals surface area contributed by atoms with Crippen LogP contribution in [-0.4, -0.2) is 37.2 Å². The van der Waals surface area contributed by atoms with Gasteiger partial charge < -0.3 is 14.2 Å². The number of ether oxygens (including phenoxy) is 3. The van der Waals surface area contributed by atoms with Gasteiger partial charge in [0.25, 0.3) is 0 Å². The van der Waals surface area contributed by atoms with Crippen molar-refractivity contribution in [1.82, 2.24) is 0 Å². The standard InChI is InChI=1S/C61H106O6/c1-4-7-10-13-16-19-22-25-27-28-29-30-31-32-33-34-35-37-39-42-45-48-51-54-60(63)66-57-58(56-65-59(62)53-50-47-44-41-38-24-21-18-15-12-9-6-3)67-61(64)55-52-49-46-43-40-36-26-23-20-17-14-11-8-5-2/h7,10,14,16-17,19,23,25-27,29-30,58H,4-6,8-9,11-13,15,18,20-22,24,28,31-57H2,1-3H3/b10-7-,17-14-,19-16-,26-23-,27-25-,30-29-. The van der Waals surface area contributed by atoms with Gasteiger partial charge in [0.05, 0.1) is 0 Å². The van der Waals surface area contributed by atoms with Crippen LogP contribution in [0.2, 0.25) is 0 Å². The third kappa shape index (κ3) is 53.7. The molecule has 0 bridgehead atoms. The molecule has 1 unspecified atom stereocenters. The lowest BCUT2D eigenvalue weighted by Crippen LogP contribution is -2.30. The molecule has 0 rings (SSSR count). The summed E-state index contributed by atoms with van der Waals surface area (Å²) in [5.41, 5.74) is 0. The predicted octanol–water partition coefficient (Wildman–Crippen LogP) is 19.0. The van der Waals surface area contributed by atoms with Gasteiger partial charge in [0.2, 0.25) is 0 Å². The van der Waals surface area contributed by atoms with Gasteiger partial charge in [-0.25, -0.2) is 0 Å². The third-order valence-electron chi connectivity index (χ3n) is 12.2. The molecule has 0 saturated carbocycles. The smallest absolute Gasteiger partial charge is 0.306 e. The van der Waals surface area contributed by atoms with E-state index in [-0.39, 0.29) is 31.1 Å². The molecular formula is C61H106O6. The molecule has 1 atom stereocenters. The molecule has 0 saturated heterocycles. The molecule has 0 N–H and O–H groups in total. The van der Waals surface area contributed by atoms with Gasteiger partial charge in [-0.15, -0.1) is 0 Å². The third-order valence-corrected chi connectivity index (χ3v) is 12.2. The zero-order valence-corrected chi connectivity index (χ0v) is 44.2. The van der Waals surface area contributed by atoms with E-state index in [1.165, 1.54) is 128 Å². The van der Waals surface area contributed by atoms with Crippen molar-refractivity contribution in [3.8, 4) is 0 Å². The Bertz CT molecular complexity index is 1260. The zero-order valence-electron chi connectivity index (χ0n) is 44.2. The highest BCUT2D eigenvalue weighted by molar-refractivity contribution is 5.71. The molecule has 0 aliphatic carbocycles. The van der Waals surface area contributed by atoms with Crippen LogP contribution in [0.3, 0.4) is 0 Å². The summed E-state index contributed by atoms with van der Waals surface area (Å²) in [7, 11) is 0. The van der Waals surface area contributed by atoms with E-state index < -0.39 is 6.10 Å². The molecule has 0 aromatic carbocycles. The molecule has 6 heteroatoms. The van der Waals surface area contributed by atoms with Crippen LogP contribution in [-0.2, 0) is 28.6 Å². The minimum Gasteiger partial charge on any atom is -0.462 e. The summed E-state index contributed by atoms with van der Waals surface area (Å²) in [6, 6.07) is 0. The first-order chi connectivity index (χ1) is 33.0. The topological polar surface area (TPSA) is 78.9 Å². The number of rotatable bonds is 51. The van der Waals surface area contributed by atoms with E-state index >= 15 is 0 Å². The van der Waals surface area contributed by atoms with Crippen molar-refractivity contribution >= 4 is 17.9 Å². The van der Waals surface area contributed by atoms with Gasteiger partial charge in [-0.3, -0.25) is 14.4 Å². The van der Waals surface area contributed by atoms with Crippen LogP contribution in [0, 0.1) is 0 Å². The Morgan fingerprint density at radius 1 is 0.313 bits per heavy atom. The zero-order chi connectivity index (χ0) is 48.6. The number of unbranched alkanes of at least 4 members (excludes halogenated alkanes) is 28. The quantitative estimate of drug-likeness (QED) is 0.0262. The highest BCUT2D eigenvalue weighted by Gasteiger charge is 2.19. The van der Waals surface area contributed by atoms with Crippen LogP contribution < -0.4 is 0 Å². The summed E-state index contributed by atoms with van der Waals surface area (Å²) < 4.78 is 16.8. The molecule has 6 nitrogen and oxygen atoms in total. The predicted molar refractivity (Wildman–Crippen MR) is 288 cm³/mol. The SMILES string of the molecule is CC/C=C\C/C=C\C/C=C\C/C=C\CCCCCCCCCCCCC(=O)OCC(COC(=O)CCCCCCCCCCCCCC)OC(=O)CCCCCCC/C=C\C/C=C\CCCC. The maximum absolute atomic E-state index is 12.8. The fraction of sp³-hybridized carbons (Fsp3) is 0.754. The first-order valence-corrected chi connectivity index (χ1v) is 28.4. The highest BCUT2D eigenvalue weighted by Crippen LogP contribution is 2.16. The van der Waals surface area contributed by atoms with E-state index in [1.54, 1.807) is 0 Å². The maximum atomic E-state index is 12.8. The largest absolute Gasteiger partial charge is 0.462 e. The van der Waals surface area contributed by atoms with Crippen LogP contribution in [0.5, 0.6) is 0 Å². The van der Waals surface area contributed by atoms with Crippen molar-refractivity contribution in [3.63, 3.8) is 0 Å². The summed E-state index contributed by atoms with van der Waals surface area (Å²) in [6.45, 7) is 6.48. The molecule has 0 heterocycles. The lowest BCUT2D eigenvalue weighted by molar-refractivity contribution is -0.167. The molecule has 67 heavy (non-hydrogen) atoms. The second-order valence-corrected chi connectivity index (χ2v) is 18.8. The average molecular weight is 936 g/mol. The molecule has 0 aromatic heterocycles. The van der Waals surface area contributed by atoms with Gasteiger partial charge in [-0.2, -0.15) is 0 Å². The number of hydrogen-bond acceptors (Lipinski definition) is 6. The van der Waals surface area contributed by atoms with Gasteiger partial charge in [0.1, 0.15) is 13.2 Å². The van der Waals surface area contributed by atoms with Crippen molar-refractivity contribution in [1.29, 1.82) is 0 Å². The normalized spacial score (nSPS) is 12.6. The van der Waals surface area contributed by atoms with E-state index in [4.69, 9.17) is 14.2 Å². The first kappa shape index (κ1) is 63.8. The van der Waals surface area contributed by atoms with E-state index in [0.717, 1.165) is 109 Å². The Morgan fingerprint density at radius 3 is 0.955 bits per heavy atom. The van der Waals surface area contributed by atoms with E-state index in [1.807, 2.05) is 0 Å². The van der Waals surface area contributed by atoms with Crippen molar-refractivity contribution in [2.75, 3.05) is 13.2 Å². The Labute approximate surface area is 414 Å². The number of allylic oxidation sites excluding steroid dienone is 12. The first-order valence-electron chi connectivity index (χ1n) is 28.4. The average Bonchev–Trinajstić information content (AvgIpc) is 3.33. The van der Waals surface area contributed by atoms with Crippen molar-refractivity contribution in [2.45, 2.75) is 284 Å². The van der Waals surface area contributed by atoms with Gasteiger partial charge in [-0.05, 0) is 83.5 Å². The molecule has 386 valence electrons. The second-order valence-electron chi connectivity index (χ2n) is 18.8. The Balaban J connectivity index is 4.31. The van der Waals surface area contributed by atoms with Crippen molar-refractivity contribution < 1.29 is 28.6 Å². The molecular weight excluding hydrogens is 829 g/mol. The van der Waals surface area contributed by atoms with Crippen LogP contribution in [0.4, 0.5) is 0 Å². The summed E-state index contributed by atoms with van der Waals surface area (Å²) in [5.74, 6) is -0.891. The van der Waals surface area contributed by atoms with Gasteiger partial charge in [0, 0.05) is 19.3 Å². The Kier molecular flexibility index (Phi) is 52.8. The van der Waals surface area contributed by atoms with Crippen molar-refractivity contribution in [2.24, 2.45) is 0 Å². The van der Waals surface area contributed by atoms with Crippen LogP contribution in [0.15, 0.2) is 72.9 Å². The summed E-state index contributed by atoms with van der Waals surface area (Å²) in [6.07, 6.45) is 70.3. The number of carbonyl (C=O) groups is 3. The minimum absolute atomic E-state index is 0.0799. The van der Waals surface area contributed by atoms with Crippen LogP contribution in [0.25, 0.3) is 0 Å². The van der Waals surface area contributed by atoms with Gasteiger partial charge >= 0.3 is 17.9 Å². The summed E-state index contributed by atoms with van der Waals surface area (Å²) in [4.78, 5) is 38.1. The van der Waals surface area contributed by atoms with E-state index in [0.29, 0.717) is 19.3 Å². The molecule has 0 aliphatic heterocycles. The Morgan fingerprint density at radius 2 is 0.597 bits per heavy atom. The lowest BCUT2D eigenvalue weighted by atomic mass is 10.0. The number of carbonyl (C=O) groups excluding carboxylic acids is 3. The Hall–Kier alpha value is -3.15. The lowest BCUT2D eigenvalue weighted by Gasteiger charge is -2.18. The van der Waals surface area contributed by atoms with Crippen molar-refractivity contribution in [3.05, 3.63) is 72.9 Å². The van der Waals surface area contributed by atoms with Crippen LogP contribution >= 0.6 is 0 Å². The van der Waals surface area contributed by atoms with E-state index in [2.05, 4.69) is 93.7 Å². The fourth-order valence-corrected chi connectivity index (χ4v) is 7.92. The van der Waals surface area contributed by atoms with Gasteiger partial charge in [0.15, 0.2) is 6.10 Å². The molecule has 0 spiro atoms. The maximum Gasteiger partial charge on any atom is 0.306 e. The minimum atomic E-state index is -0.782. The van der Waals surface area contributed by atoms with Gasteiger partial charge in [-0.1, -0.05) is 248 Å². The number of hydrogen-bond donors (Lipinski definition) is 0.